The van der Waals surface area contributed by atoms with E-state index in [0.717, 1.165) is 29.0 Å². The summed E-state index contributed by atoms with van der Waals surface area (Å²) in [7, 11) is -4.39. The van der Waals surface area contributed by atoms with Crippen molar-refractivity contribution in [1.82, 2.24) is 31.5 Å². The van der Waals surface area contributed by atoms with Gasteiger partial charge in [0.05, 0.1) is 0 Å². The molecule has 0 saturated carbocycles. The quantitative estimate of drug-likeness (QED) is 0.0477. The lowest BCUT2D eigenvalue weighted by Crippen LogP contribution is -2.59. The Bertz CT molecular complexity index is 2750. The van der Waals surface area contributed by atoms with Crippen molar-refractivity contribution >= 4 is 62.3 Å². The maximum atomic E-state index is 14.6. The Morgan fingerprint density at radius 1 is 0.753 bits per heavy atom. The second-order valence-electron chi connectivity index (χ2n) is 18.9. The molecule has 0 aromatic heterocycles. The zero-order valence-corrected chi connectivity index (χ0v) is 41.6. The normalized spacial score (nSPS) is 15.6. The highest BCUT2D eigenvalue weighted by molar-refractivity contribution is 7.85. The highest BCUT2D eigenvalue weighted by Gasteiger charge is 2.40. The minimum absolute atomic E-state index is 0.0255. The molecular weight excluding hydrogens is 978 g/mol. The number of aliphatic carboxylic acids is 1. The molecule has 4 aromatic carbocycles. The van der Waals surface area contributed by atoms with E-state index in [9.17, 15) is 64.8 Å². The number of carbonyl (C=O) groups is 7. The van der Waals surface area contributed by atoms with Crippen molar-refractivity contribution in [3.63, 3.8) is 0 Å². The van der Waals surface area contributed by atoms with Crippen molar-refractivity contribution in [3.8, 4) is 5.75 Å². The lowest BCUT2D eigenvalue weighted by molar-refractivity contribution is -0.274. The van der Waals surface area contributed by atoms with Gasteiger partial charge in [0, 0.05) is 36.9 Å². The largest absolute Gasteiger partial charge is 0.573 e. The van der Waals surface area contributed by atoms with Gasteiger partial charge in [-0.25, -0.2) is 0 Å². The van der Waals surface area contributed by atoms with Gasteiger partial charge in [0.2, 0.25) is 29.5 Å². The van der Waals surface area contributed by atoms with Gasteiger partial charge in [-0.3, -0.25) is 38.1 Å². The van der Waals surface area contributed by atoms with Crippen molar-refractivity contribution in [3.05, 3.63) is 113 Å². The van der Waals surface area contributed by atoms with Crippen LogP contribution in [0.4, 0.5) is 13.2 Å². The Balaban J connectivity index is 1.40. The molecule has 0 spiro atoms. The zero-order chi connectivity index (χ0) is 53.7. The molecule has 22 heteroatoms. The first-order valence-electron chi connectivity index (χ1n) is 23.7. The van der Waals surface area contributed by atoms with Crippen molar-refractivity contribution in [1.29, 1.82) is 0 Å². The van der Waals surface area contributed by atoms with E-state index in [4.69, 9.17) is 0 Å². The van der Waals surface area contributed by atoms with E-state index in [0.29, 0.717) is 24.0 Å². The van der Waals surface area contributed by atoms with E-state index in [1.807, 2.05) is 30.3 Å². The van der Waals surface area contributed by atoms with Crippen LogP contribution in [0, 0.1) is 0 Å². The van der Waals surface area contributed by atoms with Crippen LogP contribution >= 0.6 is 0 Å². The summed E-state index contributed by atoms with van der Waals surface area (Å²) in [6.07, 6.45) is -4.67. The molecular formula is C51H61F3N6O12S. The first-order valence-corrected chi connectivity index (χ1v) is 25.3. The molecule has 0 bridgehead atoms. The first kappa shape index (κ1) is 56.8. The maximum Gasteiger partial charge on any atom is 0.573 e. The second kappa shape index (κ2) is 25.0. The van der Waals surface area contributed by atoms with Crippen LogP contribution in [0.15, 0.2) is 91.0 Å². The fourth-order valence-electron chi connectivity index (χ4n) is 8.45. The van der Waals surface area contributed by atoms with Crippen molar-refractivity contribution in [2.24, 2.45) is 0 Å². The van der Waals surface area contributed by atoms with E-state index in [2.05, 4.69) is 31.3 Å². The van der Waals surface area contributed by atoms with Crippen molar-refractivity contribution in [2.45, 2.75) is 133 Å². The molecule has 4 aromatic rings. The van der Waals surface area contributed by atoms with Gasteiger partial charge in [-0.15, -0.1) is 13.2 Å². The Kier molecular flexibility index (Phi) is 19.5. The molecule has 1 fully saturated rings. The fourth-order valence-corrected chi connectivity index (χ4v) is 9.06. The molecule has 0 radical (unpaired) electrons. The number of carboxylic acid groups (broad SMARTS) is 1. The Labute approximate surface area is 420 Å². The number of carbonyl (C=O) groups excluding carboxylic acids is 6. The SMILES string of the molecule is CCC[C@H](NC(=O)[C@H](Cc1ccc(CS(=O)(=O)O)cc1)NC(=O)c1cccc(OC(F)(F)F)c1)C(=O)N1CCC[C@H]1C(=O)N[C@@H](Cc1cccc2ccccc12)C(=O)N[C@@H](CCCC(=O)O)C(=O)NC(C)(C)C. The second-order valence-corrected chi connectivity index (χ2v) is 20.3. The maximum absolute atomic E-state index is 14.6. The van der Waals surface area contributed by atoms with Gasteiger partial charge in [-0.2, -0.15) is 8.42 Å². The highest BCUT2D eigenvalue weighted by Crippen LogP contribution is 2.25. The van der Waals surface area contributed by atoms with Crippen LogP contribution < -0.4 is 31.3 Å². The number of benzene rings is 4. The van der Waals surface area contributed by atoms with E-state index in [1.54, 1.807) is 39.8 Å². The van der Waals surface area contributed by atoms with Gasteiger partial charge in [-0.05, 0) is 98.5 Å². The standard InChI is InChI=1S/C51H61F3N6O12S/c1-5-12-39(56-45(64)40(27-31-22-24-32(25-23-31)30-73(69,70)71)57-44(63)35-16-9-17-36(28-35)72-51(52,53)54)49(68)60-26-11-20-42(60)48(67)58-41(29-34-15-8-14-33-13-6-7-18-37(33)34)46(65)55-38(19-10-21-43(61)62)47(66)59-50(2,3)4/h6-9,13-18,22-25,28,38-42H,5,10-12,19-21,26-27,29-30H2,1-4H3,(H,55,65)(H,56,64)(H,57,63)(H,58,67)(H,59,66)(H,61,62)(H,69,70,71)/t38-,39-,40-,41-,42-/m0/s1. The van der Waals surface area contributed by atoms with Crippen LogP contribution in [0.5, 0.6) is 5.75 Å². The number of alkyl halides is 3. The Morgan fingerprint density at radius 2 is 1.38 bits per heavy atom. The molecule has 5 atom stereocenters. The molecule has 5 rings (SSSR count). The number of nitrogens with zero attached hydrogens (tertiary/aromatic N) is 1. The third-order valence-electron chi connectivity index (χ3n) is 11.7. The number of ether oxygens (including phenoxy) is 1. The molecule has 18 nitrogen and oxygen atoms in total. The summed E-state index contributed by atoms with van der Waals surface area (Å²) in [6.45, 7) is 7.07. The van der Waals surface area contributed by atoms with Crippen molar-refractivity contribution < 1.29 is 69.5 Å². The first-order chi connectivity index (χ1) is 34.3. The zero-order valence-electron chi connectivity index (χ0n) is 40.8. The molecule has 1 heterocycles. The van der Waals surface area contributed by atoms with Gasteiger partial charge in [0.1, 0.15) is 41.7 Å². The lowest BCUT2D eigenvalue weighted by Gasteiger charge is -2.31. The third kappa shape index (κ3) is 17.9. The summed E-state index contributed by atoms with van der Waals surface area (Å²) < 4.78 is 75.3. The third-order valence-corrected chi connectivity index (χ3v) is 12.4. The highest BCUT2D eigenvalue weighted by atomic mass is 32.2. The summed E-state index contributed by atoms with van der Waals surface area (Å²) >= 11 is 0. The number of halogens is 3. The minimum atomic E-state index is -5.07. The van der Waals surface area contributed by atoms with Gasteiger partial charge < -0.3 is 41.3 Å². The number of fused-ring (bicyclic) bond motifs is 1. The van der Waals surface area contributed by atoms with E-state index in [-0.39, 0.29) is 62.6 Å². The Morgan fingerprint density at radius 3 is 2.03 bits per heavy atom. The van der Waals surface area contributed by atoms with E-state index >= 15 is 0 Å². The molecule has 1 saturated heterocycles. The van der Waals surface area contributed by atoms with Gasteiger partial charge in [0.15, 0.2) is 0 Å². The van der Waals surface area contributed by atoms with Crippen LogP contribution in [0.2, 0.25) is 0 Å². The number of hydrogen-bond acceptors (Lipinski definition) is 10. The molecule has 7 N–H and O–H groups in total. The number of amides is 6. The average Bonchev–Trinajstić information content (AvgIpc) is 3.80. The van der Waals surface area contributed by atoms with Gasteiger partial charge in [0.25, 0.3) is 16.0 Å². The van der Waals surface area contributed by atoms with Crippen LogP contribution in [0.1, 0.15) is 99.7 Å². The lowest BCUT2D eigenvalue weighted by atomic mass is 9.97. The monoisotopic (exact) mass is 1040 g/mol. The summed E-state index contributed by atoms with van der Waals surface area (Å²) in [4.78, 5) is 97.5. The molecule has 6 amide bonds. The molecule has 1 aliphatic heterocycles. The number of carboxylic acids is 1. The van der Waals surface area contributed by atoms with E-state index < -0.39 is 105 Å². The average molecular weight is 1040 g/mol. The summed E-state index contributed by atoms with van der Waals surface area (Å²) in [5.74, 6) is -7.00. The fraction of sp³-hybridized carbons (Fsp3) is 0.431. The van der Waals surface area contributed by atoms with Gasteiger partial charge >= 0.3 is 12.3 Å². The molecule has 394 valence electrons. The topological polar surface area (TPSA) is 267 Å². The van der Waals surface area contributed by atoms with Crippen LogP contribution in [0.25, 0.3) is 10.8 Å². The van der Waals surface area contributed by atoms with Crippen molar-refractivity contribution in [2.75, 3.05) is 6.54 Å². The minimum Gasteiger partial charge on any atom is -0.481 e. The van der Waals surface area contributed by atoms with E-state index in [1.165, 1.54) is 35.2 Å². The van der Waals surface area contributed by atoms with Crippen LogP contribution in [-0.2, 0) is 57.5 Å². The summed E-state index contributed by atoms with van der Waals surface area (Å²) in [5, 5.41) is 24.6. The smallest absolute Gasteiger partial charge is 0.481 e. The number of hydrogen-bond donors (Lipinski definition) is 7. The van der Waals surface area contributed by atoms with Crippen LogP contribution in [0.3, 0.4) is 0 Å². The molecule has 0 unspecified atom stereocenters. The summed E-state index contributed by atoms with van der Waals surface area (Å²) in [6, 6.07) is 16.3. The number of rotatable bonds is 23. The number of nitrogens with one attached hydrogen (secondary N) is 5. The van der Waals surface area contributed by atoms with Crippen LogP contribution in [-0.4, -0.2) is 113 Å². The predicted octanol–water partition coefficient (Wildman–Crippen LogP) is 5.13. The van der Waals surface area contributed by atoms with Gasteiger partial charge in [-0.1, -0.05) is 86.1 Å². The Hall–Kier alpha value is -7.07. The number of likely N-dealkylation sites (tertiary alicyclic amines) is 1. The predicted molar refractivity (Wildman–Crippen MR) is 262 cm³/mol. The molecule has 1 aliphatic rings. The molecule has 0 aliphatic carbocycles. The molecule has 73 heavy (non-hydrogen) atoms. The summed E-state index contributed by atoms with van der Waals surface area (Å²) in [5.41, 5.74) is 0.259.